The zero-order valence-electron chi connectivity index (χ0n) is 9.72. The largest absolute Gasteiger partial charge is 0.480 e. The van der Waals surface area contributed by atoms with Gasteiger partial charge in [-0.25, -0.2) is 0 Å². The highest BCUT2D eigenvalue weighted by atomic mass is 16.4. The molecular formula is C12H16N2O3. The number of aliphatic carboxylic acids is 1. The third-order valence-electron chi connectivity index (χ3n) is 3.08. The first kappa shape index (κ1) is 11.7. The lowest BCUT2D eigenvalue weighted by Crippen LogP contribution is -2.44. The number of carbonyl (C=O) groups is 2. The molecule has 0 radical (unpaired) electrons. The van der Waals surface area contributed by atoms with E-state index in [1.807, 2.05) is 0 Å². The van der Waals surface area contributed by atoms with Gasteiger partial charge in [0.1, 0.15) is 12.2 Å². The van der Waals surface area contributed by atoms with Gasteiger partial charge in [0.2, 0.25) is 0 Å². The normalized spacial score (nSPS) is 22.9. The van der Waals surface area contributed by atoms with Crippen LogP contribution in [0.4, 0.5) is 0 Å². The average Bonchev–Trinajstić information content (AvgIpc) is 2.62. The van der Waals surface area contributed by atoms with Gasteiger partial charge in [0, 0.05) is 12.2 Å². The maximum Gasteiger partial charge on any atom is 0.323 e. The first-order chi connectivity index (χ1) is 8.06. The van der Waals surface area contributed by atoms with Crippen molar-refractivity contribution in [1.29, 1.82) is 0 Å². The molecule has 5 nitrogen and oxygen atoms in total. The van der Waals surface area contributed by atoms with Crippen molar-refractivity contribution in [2.75, 3.05) is 0 Å². The zero-order chi connectivity index (χ0) is 12.4. The molecule has 92 valence electrons. The second-order valence-electron chi connectivity index (χ2n) is 4.66. The zero-order valence-corrected chi connectivity index (χ0v) is 9.72. The van der Waals surface area contributed by atoms with Crippen molar-refractivity contribution >= 4 is 11.9 Å². The van der Waals surface area contributed by atoms with Crippen LogP contribution in [-0.2, 0) is 11.3 Å². The maximum atomic E-state index is 11.9. The van der Waals surface area contributed by atoms with E-state index < -0.39 is 5.97 Å². The number of rotatable bonds is 4. The standard InChI is InChI=1S/C12H16N2O3/c1-8-5-9(6-8)13-12(17)10-3-2-4-14(10)7-11(15)16/h2-4,8-9H,5-7H2,1H3,(H,13,17)(H,15,16). The molecule has 1 fully saturated rings. The molecule has 0 unspecified atom stereocenters. The first-order valence-corrected chi connectivity index (χ1v) is 5.74. The lowest BCUT2D eigenvalue weighted by molar-refractivity contribution is -0.137. The van der Waals surface area contributed by atoms with Gasteiger partial charge >= 0.3 is 5.97 Å². The Balaban J connectivity index is 1.98. The molecule has 0 bridgehead atoms. The highest BCUT2D eigenvalue weighted by molar-refractivity contribution is 5.93. The molecule has 1 aliphatic rings. The predicted molar refractivity (Wildman–Crippen MR) is 61.7 cm³/mol. The number of nitrogens with zero attached hydrogens (tertiary/aromatic N) is 1. The van der Waals surface area contributed by atoms with E-state index in [2.05, 4.69) is 12.2 Å². The van der Waals surface area contributed by atoms with Crippen molar-refractivity contribution in [3.05, 3.63) is 24.0 Å². The maximum absolute atomic E-state index is 11.9. The Kier molecular flexibility index (Phi) is 3.17. The first-order valence-electron chi connectivity index (χ1n) is 5.74. The lowest BCUT2D eigenvalue weighted by Gasteiger charge is -2.33. The molecule has 5 heteroatoms. The molecule has 2 N–H and O–H groups in total. The summed E-state index contributed by atoms with van der Waals surface area (Å²) in [5, 5.41) is 11.6. The molecule has 17 heavy (non-hydrogen) atoms. The third-order valence-corrected chi connectivity index (χ3v) is 3.08. The van der Waals surface area contributed by atoms with E-state index in [-0.39, 0.29) is 18.5 Å². The van der Waals surface area contributed by atoms with Crippen LogP contribution in [0, 0.1) is 5.92 Å². The molecule has 2 rings (SSSR count). The van der Waals surface area contributed by atoms with Gasteiger partial charge in [-0.2, -0.15) is 0 Å². The van der Waals surface area contributed by atoms with Crippen LogP contribution in [0.5, 0.6) is 0 Å². The fourth-order valence-corrected chi connectivity index (χ4v) is 2.18. The minimum atomic E-state index is -0.951. The van der Waals surface area contributed by atoms with Crippen molar-refractivity contribution in [1.82, 2.24) is 9.88 Å². The quantitative estimate of drug-likeness (QED) is 0.822. The van der Waals surface area contributed by atoms with Crippen LogP contribution >= 0.6 is 0 Å². The van der Waals surface area contributed by atoms with Gasteiger partial charge in [-0.15, -0.1) is 0 Å². The minimum absolute atomic E-state index is 0.184. The van der Waals surface area contributed by atoms with Crippen LogP contribution in [0.15, 0.2) is 18.3 Å². The lowest BCUT2D eigenvalue weighted by atomic mass is 9.82. The minimum Gasteiger partial charge on any atom is -0.480 e. The second-order valence-corrected chi connectivity index (χ2v) is 4.66. The molecule has 0 saturated heterocycles. The second kappa shape index (κ2) is 4.61. The Bertz CT molecular complexity index is 433. The summed E-state index contributed by atoms with van der Waals surface area (Å²) in [7, 11) is 0. The van der Waals surface area contributed by atoms with Crippen LogP contribution in [0.2, 0.25) is 0 Å². The Morgan fingerprint density at radius 3 is 2.82 bits per heavy atom. The van der Waals surface area contributed by atoms with E-state index in [1.54, 1.807) is 18.3 Å². The van der Waals surface area contributed by atoms with Crippen LogP contribution in [0.3, 0.4) is 0 Å². The highest BCUT2D eigenvalue weighted by Crippen LogP contribution is 2.26. The fourth-order valence-electron chi connectivity index (χ4n) is 2.18. The van der Waals surface area contributed by atoms with E-state index in [0.717, 1.165) is 12.8 Å². The molecule has 0 spiro atoms. The predicted octanol–water partition coefficient (Wildman–Crippen LogP) is 1.10. The van der Waals surface area contributed by atoms with Crippen LogP contribution in [0.25, 0.3) is 0 Å². The molecule has 1 saturated carbocycles. The smallest absolute Gasteiger partial charge is 0.323 e. The van der Waals surface area contributed by atoms with E-state index in [4.69, 9.17) is 5.11 Å². The molecule has 0 aromatic carbocycles. The summed E-state index contributed by atoms with van der Waals surface area (Å²) in [5.41, 5.74) is 0.409. The number of carboxylic acid groups (broad SMARTS) is 1. The molecule has 0 atom stereocenters. The summed E-state index contributed by atoms with van der Waals surface area (Å²) in [6.45, 7) is 1.96. The fraction of sp³-hybridized carbons (Fsp3) is 0.500. The van der Waals surface area contributed by atoms with Crippen molar-refractivity contribution in [2.24, 2.45) is 5.92 Å². The molecule has 1 heterocycles. The molecule has 1 aliphatic carbocycles. The van der Waals surface area contributed by atoms with E-state index in [0.29, 0.717) is 11.6 Å². The Hall–Kier alpha value is -1.78. The van der Waals surface area contributed by atoms with Crippen LogP contribution in [0.1, 0.15) is 30.3 Å². The van der Waals surface area contributed by atoms with Crippen molar-refractivity contribution in [3.8, 4) is 0 Å². The van der Waals surface area contributed by atoms with Gasteiger partial charge in [-0.3, -0.25) is 9.59 Å². The third kappa shape index (κ3) is 2.67. The van der Waals surface area contributed by atoms with Gasteiger partial charge in [0.25, 0.3) is 5.91 Å². The summed E-state index contributed by atoms with van der Waals surface area (Å²) in [6.07, 6.45) is 3.61. The van der Waals surface area contributed by atoms with Crippen molar-refractivity contribution < 1.29 is 14.7 Å². The summed E-state index contributed by atoms with van der Waals surface area (Å²) in [5.74, 6) is -0.466. The molecular weight excluding hydrogens is 220 g/mol. The van der Waals surface area contributed by atoms with Crippen molar-refractivity contribution in [2.45, 2.75) is 32.4 Å². The highest BCUT2D eigenvalue weighted by Gasteiger charge is 2.27. The number of carboxylic acids is 1. The number of hydrogen-bond donors (Lipinski definition) is 2. The van der Waals surface area contributed by atoms with Crippen LogP contribution in [-0.4, -0.2) is 27.6 Å². The SMILES string of the molecule is CC1CC(NC(=O)c2cccn2CC(=O)O)C1. The Morgan fingerprint density at radius 2 is 2.24 bits per heavy atom. The summed E-state index contributed by atoms with van der Waals surface area (Å²) >= 11 is 0. The van der Waals surface area contributed by atoms with Gasteiger partial charge in [-0.05, 0) is 30.9 Å². The molecule has 1 aromatic rings. The number of amides is 1. The van der Waals surface area contributed by atoms with E-state index in [1.165, 1.54) is 4.57 Å². The topological polar surface area (TPSA) is 71.3 Å². The van der Waals surface area contributed by atoms with Gasteiger partial charge in [0.15, 0.2) is 0 Å². The summed E-state index contributed by atoms with van der Waals surface area (Å²) in [6, 6.07) is 3.56. The number of aromatic nitrogens is 1. The van der Waals surface area contributed by atoms with E-state index in [9.17, 15) is 9.59 Å². The number of nitrogens with one attached hydrogen (secondary N) is 1. The Morgan fingerprint density at radius 1 is 1.53 bits per heavy atom. The molecule has 1 amide bonds. The molecule has 1 aromatic heterocycles. The number of hydrogen-bond acceptors (Lipinski definition) is 2. The van der Waals surface area contributed by atoms with Gasteiger partial charge < -0.3 is 15.0 Å². The summed E-state index contributed by atoms with van der Waals surface area (Å²) in [4.78, 5) is 22.5. The van der Waals surface area contributed by atoms with Crippen LogP contribution < -0.4 is 5.32 Å². The van der Waals surface area contributed by atoms with Crippen molar-refractivity contribution in [3.63, 3.8) is 0 Å². The average molecular weight is 236 g/mol. The summed E-state index contributed by atoms with van der Waals surface area (Å²) < 4.78 is 1.44. The van der Waals surface area contributed by atoms with Gasteiger partial charge in [0.05, 0.1) is 0 Å². The Labute approximate surface area is 99.4 Å². The van der Waals surface area contributed by atoms with Gasteiger partial charge in [-0.1, -0.05) is 6.92 Å². The van der Waals surface area contributed by atoms with E-state index >= 15 is 0 Å². The number of carbonyl (C=O) groups excluding carboxylic acids is 1. The monoisotopic (exact) mass is 236 g/mol. The molecule has 0 aliphatic heterocycles.